The molecule has 1 N–H and O–H groups in total. The zero-order chi connectivity index (χ0) is 12.3. The Morgan fingerprint density at radius 1 is 1.47 bits per heavy atom. The van der Waals surface area contributed by atoms with Gasteiger partial charge in [0.15, 0.2) is 5.82 Å². The first-order valence-corrected chi connectivity index (χ1v) is 5.85. The molecule has 0 radical (unpaired) electrons. The SMILES string of the molecule is COc1cc(NCc2noc(C)n2)ccc1Br. The van der Waals surface area contributed by atoms with E-state index in [0.29, 0.717) is 18.3 Å². The van der Waals surface area contributed by atoms with Crippen LogP contribution in [0.4, 0.5) is 5.69 Å². The van der Waals surface area contributed by atoms with Crippen LogP contribution in [0.15, 0.2) is 27.2 Å². The summed E-state index contributed by atoms with van der Waals surface area (Å²) in [5, 5.41) is 6.99. The summed E-state index contributed by atoms with van der Waals surface area (Å²) in [6, 6.07) is 5.76. The van der Waals surface area contributed by atoms with Gasteiger partial charge in [0.2, 0.25) is 5.89 Å². The lowest BCUT2D eigenvalue weighted by atomic mass is 10.3. The molecule has 0 aliphatic carbocycles. The largest absolute Gasteiger partial charge is 0.495 e. The van der Waals surface area contributed by atoms with Crippen LogP contribution < -0.4 is 10.1 Å². The molecule has 0 amide bonds. The van der Waals surface area contributed by atoms with Gasteiger partial charge in [0.25, 0.3) is 0 Å². The fourth-order valence-corrected chi connectivity index (χ4v) is 1.77. The predicted octanol–water partition coefficient (Wildman–Crippen LogP) is 2.76. The van der Waals surface area contributed by atoms with Crippen LogP contribution in [-0.4, -0.2) is 17.3 Å². The summed E-state index contributed by atoms with van der Waals surface area (Å²) in [7, 11) is 1.63. The highest BCUT2D eigenvalue weighted by atomic mass is 79.9. The van der Waals surface area contributed by atoms with Crippen LogP contribution in [-0.2, 0) is 6.54 Å². The number of nitrogens with zero attached hydrogens (tertiary/aromatic N) is 2. The minimum absolute atomic E-state index is 0.516. The van der Waals surface area contributed by atoms with Crippen molar-refractivity contribution >= 4 is 21.6 Å². The molecule has 0 saturated heterocycles. The fourth-order valence-electron chi connectivity index (χ4n) is 1.36. The number of aryl methyl sites for hydroxylation is 1. The van der Waals surface area contributed by atoms with Gasteiger partial charge in [-0.25, -0.2) is 0 Å². The Balaban J connectivity index is 2.04. The van der Waals surface area contributed by atoms with E-state index >= 15 is 0 Å². The smallest absolute Gasteiger partial charge is 0.223 e. The van der Waals surface area contributed by atoms with Crippen molar-refractivity contribution < 1.29 is 9.26 Å². The van der Waals surface area contributed by atoms with Gasteiger partial charge in [0.05, 0.1) is 18.1 Å². The van der Waals surface area contributed by atoms with Crippen molar-refractivity contribution in [2.45, 2.75) is 13.5 Å². The molecule has 1 heterocycles. The lowest BCUT2D eigenvalue weighted by Crippen LogP contribution is -2.01. The zero-order valence-corrected chi connectivity index (χ0v) is 11.1. The normalized spacial score (nSPS) is 10.3. The third kappa shape index (κ3) is 2.97. The van der Waals surface area contributed by atoms with Crippen LogP contribution in [0.25, 0.3) is 0 Å². The summed E-state index contributed by atoms with van der Waals surface area (Å²) >= 11 is 3.40. The number of nitrogens with one attached hydrogen (secondary N) is 1. The standard InChI is InChI=1S/C11H12BrN3O2/c1-7-14-11(15-17-7)6-13-8-3-4-9(12)10(5-8)16-2/h3-5,13H,6H2,1-2H3. The van der Waals surface area contributed by atoms with Gasteiger partial charge >= 0.3 is 0 Å². The minimum Gasteiger partial charge on any atom is -0.495 e. The number of halogens is 1. The maximum Gasteiger partial charge on any atom is 0.223 e. The van der Waals surface area contributed by atoms with Gasteiger partial charge in [-0.05, 0) is 28.1 Å². The maximum absolute atomic E-state index is 5.21. The fraction of sp³-hybridized carbons (Fsp3) is 0.273. The summed E-state index contributed by atoms with van der Waals surface area (Å²) in [6.45, 7) is 2.28. The third-order valence-electron chi connectivity index (χ3n) is 2.17. The molecule has 6 heteroatoms. The highest BCUT2D eigenvalue weighted by Crippen LogP contribution is 2.27. The highest BCUT2D eigenvalue weighted by molar-refractivity contribution is 9.10. The molecule has 5 nitrogen and oxygen atoms in total. The number of hydrogen-bond acceptors (Lipinski definition) is 5. The number of hydrogen-bond donors (Lipinski definition) is 1. The van der Waals surface area contributed by atoms with E-state index < -0.39 is 0 Å². The Morgan fingerprint density at radius 2 is 2.29 bits per heavy atom. The molecule has 17 heavy (non-hydrogen) atoms. The average Bonchev–Trinajstić information content (AvgIpc) is 2.74. The summed E-state index contributed by atoms with van der Waals surface area (Å²) in [4.78, 5) is 4.11. The van der Waals surface area contributed by atoms with Gasteiger partial charge in [-0.2, -0.15) is 4.98 Å². The van der Waals surface area contributed by atoms with E-state index in [0.717, 1.165) is 15.9 Å². The number of aromatic nitrogens is 2. The van der Waals surface area contributed by atoms with Gasteiger partial charge in [-0.15, -0.1) is 0 Å². The zero-order valence-electron chi connectivity index (χ0n) is 9.53. The molecule has 1 aromatic carbocycles. The molecule has 0 fully saturated rings. The molecule has 0 bridgehead atoms. The summed E-state index contributed by atoms with van der Waals surface area (Å²) in [5.41, 5.74) is 0.938. The molecule has 2 rings (SSSR count). The van der Waals surface area contributed by atoms with E-state index in [1.165, 1.54) is 0 Å². The van der Waals surface area contributed by atoms with Crippen LogP contribution in [0.1, 0.15) is 11.7 Å². The van der Waals surface area contributed by atoms with Crippen molar-refractivity contribution in [3.05, 3.63) is 34.4 Å². The summed E-state index contributed by atoms with van der Waals surface area (Å²) in [5.74, 6) is 1.97. The topological polar surface area (TPSA) is 60.2 Å². The lowest BCUT2D eigenvalue weighted by Gasteiger charge is -2.07. The van der Waals surface area contributed by atoms with Gasteiger partial charge in [-0.1, -0.05) is 5.16 Å². The average molecular weight is 298 g/mol. The van der Waals surface area contributed by atoms with Crippen molar-refractivity contribution in [1.82, 2.24) is 10.1 Å². The second kappa shape index (κ2) is 5.18. The molecule has 0 saturated carbocycles. The molecule has 0 aliphatic rings. The van der Waals surface area contributed by atoms with Crippen LogP contribution in [0.2, 0.25) is 0 Å². The number of benzene rings is 1. The van der Waals surface area contributed by atoms with E-state index in [-0.39, 0.29) is 0 Å². The molecule has 0 spiro atoms. The Hall–Kier alpha value is -1.56. The monoisotopic (exact) mass is 297 g/mol. The second-order valence-electron chi connectivity index (χ2n) is 3.43. The molecular weight excluding hydrogens is 286 g/mol. The summed E-state index contributed by atoms with van der Waals surface area (Å²) < 4.78 is 11.0. The van der Waals surface area contributed by atoms with Gasteiger partial charge in [-0.3, -0.25) is 0 Å². The molecule has 0 atom stereocenters. The van der Waals surface area contributed by atoms with Crippen molar-refractivity contribution in [1.29, 1.82) is 0 Å². The number of rotatable bonds is 4. The Labute approximate surface area is 107 Å². The number of ether oxygens (including phenoxy) is 1. The lowest BCUT2D eigenvalue weighted by molar-refractivity contribution is 0.388. The maximum atomic E-state index is 5.21. The van der Waals surface area contributed by atoms with Gasteiger partial charge in [0.1, 0.15) is 5.75 Å². The third-order valence-corrected chi connectivity index (χ3v) is 2.83. The minimum atomic E-state index is 0.516. The highest BCUT2D eigenvalue weighted by Gasteiger charge is 2.04. The van der Waals surface area contributed by atoms with E-state index in [9.17, 15) is 0 Å². The molecule has 0 unspecified atom stereocenters. The first-order valence-electron chi connectivity index (χ1n) is 5.05. The summed E-state index contributed by atoms with van der Waals surface area (Å²) in [6.07, 6.45) is 0. The van der Waals surface area contributed by atoms with Crippen molar-refractivity contribution in [2.24, 2.45) is 0 Å². The van der Waals surface area contributed by atoms with E-state index in [2.05, 4.69) is 31.4 Å². The molecule has 1 aromatic heterocycles. The van der Waals surface area contributed by atoms with Crippen LogP contribution in [0.3, 0.4) is 0 Å². The number of methoxy groups -OCH3 is 1. The molecule has 2 aromatic rings. The number of anilines is 1. The first-order chi connectivity index (χ1) is 8.19. The van der Waals surface area contributed by atoms with Crippen LogP contribution in [0, 0.1) is 6.92 Å². The molecular formula is C11H12BrN3O2. The van der Waals surface area contributed by atoms with Gasteiger partial charge < -0.3 is 14.6 Å². The Kier molecular flexibility index (Phi) is 3.63. The van der Waals surface area contributed by atoms with E-state index in [1.807, 2.05) is 18.2 Å². The van der Waals surface area contributed by atoms with Crippen LogP contribution in [0.5, 0.6) is 5.75 Å². The Bertz CT molecular complexity index is 513. The first kappa shape index (κ1) is 11.9. The molecule has 0 aliphatic heterocycles. The predicted molar refractivity (Wildman–Crippen MR) is 67.1 cm³/mol. The molecule has 90 valence electrons. The van der Waals surface area contributed by atoms with E-state index in [1.54, 1.807) is 14.0 Å². The van der Waals surface area contributed by atoms with Crippen molar-refractivity contribution in [3.8, 4) is 5.75 Å². The van der Waals surface area contributed by atoms with Crippen LogP contribution >= 0.6 is 15.9 Å². The van der Waals surface area contributed by atoms with E-state index in [4.69, 9.17) is 9.26 Å². The van der Waals surface area contributed by atoms with Crippen molar-refractivity contribution in [2.75, 3.05) is 12.4 Å². The van der Waals surface area contributed by atoms with Crippen molar-refractivity contribution in [3.63, 3.8) is 0 Å². The van der Waals surface area contributed by atoms with Gasteiger partial charge in [0, 0.05) is 18.7 Å². The quantitative estimate of drug-likeness (QED) is 0.940. The second-order valence-corrected chi connectivity index (χ2v) is 4.29. The Morgan fingerprint density at radius 3 is 2.94 bits per heavy atom.